The molecular weight excluding hydrogens is 465 g/mol. The van der Waals surface area contributed by atoms with Crippen LogP contribution in [0.2, 0.25) is 4.34 Å². The highest BCUT2D eigenvalue weighted by Crippen LogP contribution is 2.23. The molecule has 0 saturated heterocycles. The number of amides is 1. The molecule has 1 aliphatic rings. The molecule has 3 N–H and O–H groups in total. The third-order valence-corrected chi connectivity index (χ3v) is 5.38. The molecule has 174 valence electrons. The predicted molar refractivity (Wildman–Crippen MR) is 131 cm³/mol. The third kappa shape index (κ3) is 6.67. The molecule has 1 aliphatic heterocycles. The molecule has 0 radical (unpaired) electrons. The average Bonchev–Trinajstić information content (AvgIpc) is 3.41. The molecule has 2 aromatic heterocycles. The van der Waals surface area contributed by atoms with Crippen molar-refractivity contribution >= 4 is 34.5 Å². The van der Waals surface area contributed by atoms with E-state index in [4.69, 9.17) is 11.6 Å². The molecule has 0 saturated carbocycles. The van der Waals surface area contributed by atoms with Gasteiger partial charge in [0.2, 0.25) is 0 Å². The predicted octanol–water partition coefficient (Wildman–Crippen LogP) is 4.45. The van der Waals surface area contributed by atoms with Crippen molar-refractivity contribution in [3.63, 3.8) is 0 Å². The minimum Gasteiger partial charge on any atom is -0.346 e. The minimum atomic E-state index is -0.512. The Kier molecular flexibility index (Phi) is 8.26. The quantitative estimate of drug-likeness (QED) is 0.493. The van der Waals surface area contributed by atoms with Gasteiger partial charge in [-0.1, -0.05) is 38.4 Å². The highest BCUT2D eigenvalue weighted by atomic mass is 35.5. The maximum atomic E-state index is 14.6. The summed E-state index contributed by atoms with van der Waals surface area (Å²) in [6, 6.07) is 12.5. The van der Waals surface area contributed by atoms with E-state index in [2.05, 4.69) is 37.0 Å². The third-order valence-electron chi connectivity index (χ3n) is 4.15. The van der Waals surface area contributed by atoms with Crippen LogP contribution in [0.4, 0.5) is 10.1 Å². The Morgan fingerprint density at radius 1 is 1.18 bits per heavy atom. The van der Waals surface area contributed by atoms with E-state index in [1.807, 2.05) is 0 Å². The Morgan fingerprint density at radius 2 is 1.94 bits per heavy atom. The van der Waals surface area contributed by atoms with Crippen LogP contribution in [-0.4, -0.2) is 17.0 Å². The maximum absolute atomic E-state index is 14.6. The van der Waals surface area contributed by atoms with E-state index in [0.717, 1.165) is 5.92 Å². The molecule has 0 aliphatic carbocycles. The number of benzene rings is 1. The molecule has 33 heavy (non-hydrogen) atoms. The second-order valence-corrected chi connectivity index (χ2v) is 9.54. The largest absolute Gasteiger partial charge is 0.346 e. The fraction of sp³-hybridized carbons (Fsp3) is 0.217. The van der Waals surface area contributed by atoms with E-state index in [1.54, 1.807) is 48.8 Å². The number of thiophene rings is 1. The first-order chi connectivity index (χ1) is 15.7. The number of hydrogen-bond acceptors (Lipinski definition) is 6. The second-order valence-electron chi connectivity index (χ2n) is 7.82. The van der Waals surface area contributed by atoms with Gasteiger partial charge < -0.3 is 10.7 Å². The smallest absolute Gasteiger partial charge is 0.261 e. The van der Waals surface area contributed by atoms with E-state index < -0.39 is 5.82 Å². The summed E-state index contributed by atoms with van der Waals surface area (Å²) in [5.41, 5.74) is 6.78. The molecule has 0 atom stereocenters. The molecular formula is C23H25ClFN5O2S. The van der Waals surface area contributed by atoms with Crippen LogP contribution in [0, 0.1) is 11.7 Å². The molecule has 1 amide bonds. The van der Waals surface area contributed by atoms with Crippen molar-refractivity contribution in [2.75, 3.05) is 11.6 Å². The van der Waals surface area contributed by atoms with Gasteiger partial charge in [-0.3, -0.25) is 19.2 Å². The van der Waals surface area contributed by atoms with Crippen molar-refractivity contribution in [3.8, 4) is 5.69 Å². The lowest BCUT2D eigenvalue weighted by Crippen LogP contribution is -2.38. The zero-order valence-electron chi connectivity index (χ0n) is 18.4. The number of halogens is 2. The fourth-order valence-corrected chi connectivity index (χ4v) is 3.71. The van der Waals surface area contributed by atoms with Gasteiger partial charge in [-0.05, 0) is 36.2 Å². The van der Waals surface area contributed by atoms with E-state index in [9.17, 15) is 14.0 Å². The Morgan fingerprint density at radius 3 is 2.58 bits per heavy atom. The zero-order chi connectivity index (χ0) is 24.0. The average molecular weight is 490 g/mol. The minimum absolute atomic E-state index is 0.219. The summed E-state index contributed by atoms with van der Waals surface area (Å²) in [6.07, 6.45) is 3.21. The first kappa shape index (κ1) is 24.5. The summed E-state index contributed by atoms with van der Waals surface area (Å²) >= 11 is 7.03. The lowest BCUT2D eigenvalue weighted by molar-refractivity contribution is 0.0960. The number of carbonyl (C=O) groups is 1. The molecule has 3 heterocycles. The van der Waals surface area contributed by atoms with Crippen molar-refractivity contribution in [3.05, 3.63) is 92.0 Å². The van der Waals surface area contributed by atoms with Gasteiger partial charge in [-0.15, -0.1) is 16.9 Å². The van der Waals surface area contributed by atoms with Crippen LogP contribution in [0.25, 0.3) is 5.69 Å². The van der Waals surface area contributed by atoms with Crippen molar-refractivity contribution in [2.45, 2.75) is 20.8 Å². The van der Waals surface area contributed by atoms with Crippen LogP contribution in [0.5, 0.6) is 0 Å². The topological polar surface area (TPSA) is 78.4 Å². The Hall–Kier alpha value is -3.14. The molecule has 1 aromatic carbocycles. The Labute approximate surface area is 200 Å². The summed E-state index contributed by atoms with van der Waals surface area (Å²) in [7, 11) is 0. The number of nitrogens with zero attached hydrogens (tertiary/aromatic N) is 2. The fourth-order valence-electron chi connectivity index (χ4n) is 2.75. The monoisotopic (exact) mass is 489 g/mol. The van der Waals surface area contributed by atoms with Gasteiger partial charge >= 0.3 is 0 Å². The molecule has 0 bridgehead atoms. The number of carbonyl (C=O) groups excluding carboxylic acids is 1. The van der Waals surface area contributed by atoms with Crippen LogP contribution in [0.3, 0.4) is 0 Å². The number of pyridine rings is 1. The molecule has 0 fully saturated rings. The zero-order valence-corrected chi connectivity index (χ0v) is 20.0. The van der Waals surface area contributed by atoms with Gasteiger partial charge in [0.1, 0.15) is 5.82 Å². The molecule has 10 heteroatoms. The SMILES string of the molecule is CC(C)C.O=C(NCC1=CN(c2ccc(-n3ccccc3=O)cc2F)NN1)c1ccc(Cl)s1. The van der Waals surface area contributed by atoms with Crippen molar-refractivity contribution in [1.82, 2.24) is 20.8 Å². The number of hydrazine groups is 2. The number of aromatic nitrogens is 1. The van der Waals surface area contributed by atoms with Gasteiger partial charge in [0.25, 0.3) is 11.5 Å². The van der Waals surface area contributed by atoms with Crippen LogP contribution in [0.15, 0.2) is 71.4 Å². The Balaban J connectivity index is 0.000000709. The van der Waals surface area contributed by atoms with Gasteiger partial charge in [0.15, 0.2) is 0 Å². The number of anilines is 1. The van der Waals surface area contributed by atoms with Crippen LogP contribution in [0.1, 0.15) is 30.4 Å². The summed E-state index contributed by atoms with van der Waals surface area (Å²) in [5.74, 6) is 0.0780. The highest BCUT2D eigenvalue weighted by molar-refractivity contribution is 7.18. The van der Waals surface area contributed by atoms with Gasteiger partial charge in [0, 0.05) is 24.5 Å². The van der Waals surface area contributed by atoms with Crippen LogP contribution >= 0.6 is 22.9 Å². The first-order valence-corrected chi connectivity index (χ1v) is 11.5. The lowest BCUT2D eigenvalue weighted by atomic mass is 10.2. The van der Waals surface area contributed by atoms with Gasteiger partial charge in [-0.25, -0.2) is 4.39 Å². The van der Waals surface area contributed by atoms with Gasteiger partial charge in [-0.2, -0.15) is 0 Å². The number of nitrogens with one attached hydrogen (secondary N) is 3. The lowest BCUT2D eigenvalue weighted by Gasteiger charge is -2.17. The van der Waals surface area contributed by atoms with Crippen LogP contribution in [-0.2, 0) is 0 Å². The van der Waals surface area contributed by atoms with E-state index in [0.29, 0.717) is 20.6 Å². The van der Waals surface area contributed by atoms with E-state index in [1.165, 1.54) is 33.0 Å². The Bertz CT molecular complexity index is 1200. The molecule has 7 nitrogen and oxygen atoms in total. The van der Waals surface area contributed by atoms with Crippen LogP contribution < -0.4 is 26.8 Å². The summed E-state index contributed by atoms with van der Waals surface area (Å²) < 4.78 is 16.5. The molecule has 0 spiro atoms. The molecule has 0 unspecified atom stereocenters. The number of hydrogen-bond donors (Lipinski definition) is 3. The maximum Gasteiger partial charge on any atom is 0.261 e. The molecule has 3 aromatic rings. The van der Waals surface area contributed by atoms with Gasteiger partial charge in [0.05, 0.1) is 32.8 Å². The summed E-state index contributed by atoms with van der Waals surface area (Å²) in [5, 5.41) is 4.22. The summed E-state index contributed by atoms with van der Waals surface area (Å²) in [4.78, 5) is 24.5. The standard InChI is InChI=1S/C19H15ClFN5O2S.C4H10/c20-17-7-6-16(29-17)19(28)22-10-12-11-26(24-23-12)15-5-4-13(9-14(15)21)25-8-2-1-3-18(25)27;1-4(2)3/h1-9,11,23-24H,10H2,(H,22,28);4H,1-3H3. The van der Waals surface area contributed by atoms with Crippen molar-refractivity contribution < 1.29 is 9.18 Å². The molecule has 4 rings (SSSR count). The summed E-state index contributed by atoms with van der Waals surface area (Å²) in [6.45, 7) is 6.72. The second kappa shape index (κ2) is 11.1. The highest BCUT2D eigenvalue weighted by Gasteiger charge is 2.18. The number of rotatable bonds is 5. The van der Waals surface area contributed by atoms with Crippen molar-refractivity contribution in [1.29, 1.82) is 0 Å². The van der Waals surface area contributed by atoms with Crippen molar-refractivity contribution in [2.24, 2.45) is 5.92 Å². The van der Waals surface area contributed by atoms with E-state index >= 15 is 0 Å². The first-order valence-electron chi connectivity index (χ1n) is 10.3. The normalized spacial score (nSPS) is 12.7. The van der Waals surface area contributed by atoms with E-state index in [-0.39, 0.29) is 23.7 Å².